The fourth-order valence-corrected chi connectivity index (χ4v) is 3.61. The fourth-order valence-electron chi connectivity index (χ4n) is 2.73. The van der Waals surface area contributed by atoms with Gasteiger partial charge in [0.2, 0.25) is 5.91 Å². The van der Waals surface area contributed by atoms with E-state index in [1.807, 2.05) is 37.5 Å². The van der Waals surface area contributed by atoms with Gasteiger partial charge in [0.15, 0.2) is 0 Å². The minimum atomic E-state index is 0.0173. The quantitative estimate of drug-likeness (QED) is 0.685. The molecule has 1 N–H and O–H groups in total. The van der Waals surface area contributed by atoms with Gasteiger partial charge >= 0.3 is 0 Å². The second kappa shape index (κ2) is 8.23. The third-order valence-corrected chi connectivity index (χ3v) is 5.28. The lowest BCUT2D eigenvalue weighted by molar-refractivity contribution is -0.116. The van der Waals surface area contributed by atoms with Gasteiger partial charge in [-0.25, -0.2) is 0 Å². The van der Waals surface area contributed by atoms with E-state index in [-0.39, 0.29) is 5.91 Å². The molecule has 26 heavy (non-hydrogen) atoms. The zero-order chi connectivity index (χ0) is 18.5. The summed E-state index contributed by atoms with van der Waals surface area (Å²) in [5.41, 5.74) is 4.45. The Morgan fingerprint density at radius 3 is 2.58 bits per heavy atom. The Hall–Kier alpha value is -2.53. The van der Waals surface area contributed by atoms with Crippen LogP contribution in [0, 0.1) is 13.8 Å². The Bertz CT molecular complexity index is 900. The van der Waals surface area contributed by atoms with Crippen molar-refractivity contribution in [3.8, 4) is 0 Å². The number of nitrogens with one attached hydrogen (secondary N) is 1. The lowest BCUT2D eigenvalue weighted by Crippen LogP contribution is -2.12. The first kappa shape index (κ1) is 18.3. The average molecular weight is 366 g/mol. The van der Waals surface area contributed by atoms with E-state index >= 15 is 0 Å². The molecule has 4 nitrogen and oxygen atoms in total. The molecule has 1 aromatic heterocycles. The fraction of sp³-hybridized carbons (Fsp3) is 0.238. The van der Waals surface area contributed by atoms with E-state index in [0.29, 0.717) is 12.8 Å². The highest BCUT2D eigenvalue weighted by molar-refractivity contribution is 7.99. The first-order chi connectivity index (χ1) is 12.5. The number of carbonyl (C=O) groups excluding carboxylic acids is 1. The zero-order valence-electron chi connectivity index (χ0n) is 15.3. The van der Waals surface area contributed by atoms with Gasteiger partial charge < -0.3 is 5.32 Å². The van der Waals surface area contributed by atoms with Gasteiger partial charge in [0.05, 0.1) is 6.20 Å². The Kier molecular flexibility index (Phi) is 5.78. The molecule has 0 atom stereocenters. The molecule has 0 saturated carbocycles. The molecule has 3 rings (SSSR count). The summed E-state index contributed by atoms with van der Waals surface area (Å²) >= 11 is 1.74. The highest BCUT2D eigenvalue weighted by atomic mass is 32.2. The summed E-state index contributed by atoms with van der Waals surface area (Å²) in [6.07, 6.45) is 4.88. The Balaban J connectivity index is 1.54. The van der Waals surface area contributed by atoms with Gasteiger partial charge in [-0.3, -0.25) is 9.48 Å². The van der Waals surface area contributed by atoms with E-state index in [1.165, 1.54) is 16.0 Å². The number of hydrogen-bond acceptors (Lipinski definition) is 3. The maximum absolute atomic E-state index is 12.1. The van der Waals surface area contributed by atoms with Crippen LogP contribution in [-0.4, -0.2) is 15.7 Å². The van der Waals surface area contributed by atoms with Crippen LogP contribution in [0.1, 0.15) is 23.1 Å². The number of carbonyl (C=O) groups is 1. The van der Waals surface area contributed by atoms with Crippen molar-refractivity contribution in [3.63, 3.8) is 0 Å². The highest BCUT2D eigenvalue weighted by Crippen LogP contribution is 2.31. The maximum atomic E-state index is 12.1. The smallest absolute Gasteiger partial charge is 0.224 e. The predicted octanol–water partition coefficient (Wildman–Crippen LogP) is 4.76. The van der Waals surface area contributed by atoms with E-state index < -0.39 is 0 Å². The molecule has 0 unspecified atom stereocenters. The molecule has 0 aliphatic carbocycles. The molecule has 1 heterocycles. The molecule has 0 bridgehead atoms. The van der Waals surface area contributed by atoms with Crippen LogP contribution in [0.4, 0.5) is 5.69 Å². The van der Waals surface area contributed by atoms with E-state index in [0.717, 1.165) is 16.1 Å². The predicted molar refractivity (Wildman–Crippen MR) is 107 cm³/mol. The molecular weight excluding hydrogens is 342 g/mol. The van der Waals surface area contributed by atoms with Crippen LogP contribution in [0.25, 0.3) is 0 Å². The molecule has 0 saturated heterocycles. The van der Waals surface area contributed by atoms with Gasteiger partial charge in [0.1, 0.15) is 0 Å². The highest BCUT2D eigenvalue weighted by Gasteiger charge is 2.06. The molecule has 2 aromatic carbocycles. The SMILES string of the molecule is Cc1ccc(Sc2ccc(NC(=O)CCc3cnn(C)c3)cc2)c(C)c1. The average Bonchev–Trinajstić information content (AvgIpc) is 3.03. The van der Waals surface area contributed by atoms with Crippen LogP contribution in [0.5, 0.6) is 0 Å². The van der Waals surface area contributed by atoms with Crippen molar-refractivity contribution in [1.29, 1.82) is 0 Å². The zero-order valence-corrected chi connectivity index (χ0v) is 16.1. The van der Waals surface area contributed by atoms with E-state index in [4.69, 9.17) is 0 Å². The third-order valence-electron chi connectivity index (χ3n) is 4.10. The number of aromatic nitrogens is 2. The van der Waals surface area contributed by atoms with Crippen molar-refractivity contribution in [2.45, 2.75) is 36.5 Å². The van der Waals surface area contributed by atoms with E-state index in [1.54, 1.807) is 22.6 Å². The largest absolute Gasteiger partial charge is 0.326 e. The third kappa shape index (κ3) is 4.99. The Morgan fingerprint density at radius 1 is 1.15 bits per heavy atom. The molecule has 0 fully saturated rings. The van der Waals surface area contributed by atoms with Gasteiger partial charge in [-0.15, -0.1) is 0 Å². The molecule has 3 aromatic rings. The summed E-state index contributed by atoms with van der Waals surface area (Å²) in [5.74, 6) is 0.0173. The summed E-state index contributed by atoms with van der Waals surface area (Å²) in [4.78, 5) is 14.5. The van der Waals surface area contributed by atoms with E-state index in [2.05, 4.69) is 42.5 Å². The molecule has 5 heteroatoms. The molecule has 0 spiro atoms. The molecule has 0 aliphatic heterocycles. The van der Waals surface area contributed by atoms with Gasteiger partial charge in [0.25, 0.3) is 0 Å². The molecule has 1 amide bonds. The van der Waals surface area contributed by atoms with Crippen LogP contribution in [0.2, 0.25) is 0 Å². The second-order valence-corrected chi connectivity index (χ2v) is 7.58. The number of rotatable bonds is 6. The lowest BCUT2D eigenvalue weighted by atomic mass is 10.2. The van der Waals surface area contributed by atoms with Crippen molar-refractivity contribution < 1.29 is 4.79 Å². The second-order valence-electron chi connectivity index (χ2n) is 6.47. The number of anilines is 1. The first-order valence-electron chi connectivity index (χ1n) is 8.62. The summed E-state index contributed by atoms with van der Waals surface area (Å²) < 4.78 is 1.75. The number of amides is 1. The van der Waals surface area contributed by atoms with Gasteiger partial charge in [-0.2, -0.15) is 5.10 Å². The van der Waals surface area contributed by atoms with Crippen molar-refractivity contribution >= 4 is 23.4 Å². The normalized spacial score (nSPS) is 10.7. The van der Waals surface area contributed by atoms with Gasteiger partial charge in [0, 0.05) is 35.1 Å². The standard InChI is InChI=1S/C21H23N3OS/c1-15-4-10-20(16(2)12-15)26-19-8-6-18(7-9-19)23-21(25)11-5-17-13-22-24(3)14-17/h4,6-10,12-14H,5,11H2,1-3H3,(H,23,25). The minimum Gasteiger partial charge on any atom is -0.326 e. The Morgan fingerprint density at radius 2 is 1.92 bits per heavy atom. The van der Waals surface area contributed by atoms with Crippen molar-refractivity contribution in [3.05, 3.63) is 71.5 Å². The van der Waals surface area contributed by atoms with Crippen LogP contribution in [0.15, 0.2) is 64.6 Å². The molecular formula is C21H23N3OS. The summed E-state index contributed by atoms with van der Waals surface area (Å²) in [5, 5.41) is 7.07. The summed E-state index contributed by atoms with van der Waals surface area (Å²) in [7, 11) is 1.88. The molecule has 0 aliphatic rings. The van der Waals surface area contributed by atoms with Crippen molar-refractivity contribution in [2.75, 3.05) is 5.32 Å². The molecule has 134 valence electrons. The van der Waals surface area contributed by atoms with Gasteiger partial charge in [-0.05, 0) is 61.7 Å². The van der Waals surface area contributed by atoms with E-state index in [9.17, 15) is 4.79 Å². The van der Waals surface area contributed by atoms with Crippen molar-refractivity contribution in [2.24, 2.45) is 7.05 Å². The van der Waals surface area contributed by atoms with Gasteiger partial charge in [-0.1, -0.05) is 29.5 Å². The topological polar surface area (TPSA) is 46.9 Å². The van der Waals surface area contributed by atoms with Crippen LogP contribution in [-0.2, 0) is 18.3 Å². The lowest BCUT2D eigenvalue weighted by Gasteiger charge is -2.08. The van der Waals surface area contributed by atoms with Crippen LogP contribution >= 0.6 is 11.8 Å². The van der Waals surface area contributed by atoms with Crippen LogP contribution < -0.4 is 5.32 Å². The Labute approximate surface area is 158 Å². The monoisotopic (exact) mass is 365 g/mol. The number of aryl methyl sites for hydroxylation is 4. The maximum Gasteiger partial charge on any atom is 0.224 e. The number of hydrogen-bond donors (Lipinski definition) is 1. The number of nitrogens with zero attached hydrogens (tertiary/aromatic N) is 2. The minimum absolute atomic E-state index is 0.0173. The van der Waals surface area contributed by atoms with Crippen LogP contribution in [0.3, 0.4) is 0 Å². The van der Waals surface area contributed by atoms with Crippen molar-refractivity contribution in [1.82, 2.24) is 9.78 Å². The summed E-state index contributed by atoms with van der Waals surface area (Å²) in [6.45, 7) is 4.24. The molecule has 0 radical (unpaired) electrons. The first-order valence-corrected chi connectivity index (χ1v) is 9.44. The summed E-state index contributed by atoms with van der Waals surface area (Å²) in [6, 6.07) is 14.5. The number of benzene rings is 2.